The molecule has 3 nitrogen and oxygen atoms in total. The number of unbranched alkanes of at least 4 members (excludes halogenated alkanes) is 1. The molecule has 2 N–H and O–H groups in total. The second-order valence-electron chi connectivity index (χ2n) is 6.16. The van der Waals surface area contributed by atoms with Crippen LogP contribution in [0.4, 0.5) is 5.69 Å². The number of hydrogen-bond donors (Lipinski definition) is 2. The normalized spacial score (nSPS) is 22.0. The van der Waals surface area contributed by atoms with E-state index in [-0.39, 0.29) is 18.4 Å². The standard InChI is InChI=1S/C18H27NO2/c1-2-3-6-14-9-11-15(12-10-14)18(21)19-17-8-5-4-7-16(17)13-20/h4-5,7-8,14-15,20H,2-3,6,9-13H2,1H3,(H,19,21). The van der Waals surface area contributed by atoms with Crippen LogP contribution in [0.3, 0.4) is 0 Å². The summed E-state index contributed by atoms with van der Waals surface area (Å²) >= 11 is 0. The highest BCUT2D eigenvalue weighted by molar-refractivity contribution is 5.93. The van der Waals surface area contributed by atoms with Gasteiger partial charge in [0, 0.05) is 17.2 Å². The number of carbonyl (C=O) groups is 1. The molecule has 0 atom stereocenters. The molecule has 3 heteroatoms. The molecule has 0 spiro atoms. The van der Waals surface area contributed by atoms with E-state index < -0.39 is 0 Å². The van der Waals surface area contributed by atoms with E-state index in [1.165, 1.54) is 32.1 Å². The molecule has 0 aromatic heterocycles. The number of carbonyl (C=O) groups excluding carboxylic acids is 1. The summed E-state index contributed by atoms with van der Waals surface area (Å²) in [6, 6.07) is 7.46. The van der Waals surface area contributed by atoms with Crippen LogP contribution in [-0.2, 0) is 11.4 Å². The van der Waals surface area contributed by atoms with Crippen molar-refractivity contribution >= 4 is 11.6 Å². The molecular weight excluding hydrogens is 262 g/mol. The van der Waals surface area contributed by atoms with Gasteiger partial charge in [0.1, 0.15) is 0 Å². The number of rotatable bonds is 6. The van der Waals surface area contributed by atoms with Crippen LogP contribution in [0.25, 0.3) is 0 Å². The first-order valence-electron chi connectivity index (χ1n) is 8.24. The fraction of sp³-hybridized carbons (Fsp3) is 0.611. The second kappa shape index (κ2) is 8.18. The number of amides is 1. The average Bonchev–Trinajstić information content (AvgIpc) is 2.54. The molecule has 0 heterocycles. The summed E-state index contributed by atoms with van der Waals surface area (Å²) in [5.41, 5.74) is 1.53. The Kier molecular flexibility index (Phi) is 6.24. The van der Waals surface area contributed by atoms with Crippen molar-refractivity contribution in [1.29, 1.82) is 0 Å². The molecule has 1 aromatic rings. The third-order valence-electron chi connectivity index (χ3n) is 4.63. The number of nitrogens with one attached hydrogen (secondary N) is 1. The van der Waals surface area contributed by atoms with E-state index in [9.17, 15) is 9.90 Å². The maximum absolute atomic E-state index is 12.4. The van der Waals surface area contributed by atoms with Crippen LogP contribution >= 0.6 is 0 Å². The van der Waals surface area contributed by atoms with Crippen molar-refractivity contribution in [1.82, 2.24) is 0 Å². The number of aliphatic hydroxyl groups excluding tert-OH is 1. The van der Waals surface area contributed by atoms with Crippen molar-refractivity contribution in [3.63, 3.8) is 0 Å². The third kappa shape index (κ3) is 4.57. The van der Waals surface area contributed by atoms with Crippen LogP contribution in [-0.4, -0.2) is 11.0 Å². The molecule has 1 aliphatic carbocycles. The first kappa shape index (κ1) is 16.0. The summed E-state index contributed by atoms with van der Waals surface area (Å²) in [6.45, 7) is 2.19. The van der Waals surface area contributed by atoms with Crippen molar-refractivity contribution < 1.29 is 9.90 Å². The Bertz CT molecular complexity index is 450. The number of benzene rings is 1. The Morgan fingerprint density at radius 1 is 1.24 bits per heavy atom. The van der Waals surface area contributed by atoms with Gasteiger partial charge in [-0.15, -0.1) is 0 Å². The molecule has 1 aliphatic rings. The number of hydrogen-bond acceptors (Lipinski definition) is 2. The summed E-state index contributed by atoms with van der Waals surface area (Å²) in [5, 5.41) is 12.3. The Morgan fingerprint density at radius 2 is 1.95 bits per heavy atom. The number of aliphatic hydroxyl groups is 1. The lowest BCUT2D eigenvalue weighted by Gasteiger charge is -2.28. The van der Waals surface area contributed by atoms with Gasteiger partial charge in [-0.05, 0) is 37.7 Å². The molecule has 2 rings (SSSR count). The van der Waals surface area contributed by atoms with E-state index in [0.717, 1.165) is 30.0 Å². The minimum atomic E-state index is -0.0415. The molecule has 1 fully saturated rings. The molecule has 1 aromatic carbocycles. The molecule has 0 bridgehead atoms. The van der Waals surface area contributed by atoms with Crippen molar-refractivity contribution in [2.24, 2.45) is 11.8 Å². The highest BCUT2D eigenvalue weighted by atomic mass is 16.3. The molecule has 1 saturated carbocycles. The molecule has 21 heavy (non-hydrogen) atoms. The predicted octanol–water partition coefficient (Wildman–Crippen LogP) is 4.11. The molecule has 1 amide bonds. The Balaban J connectivity index is 1.85. The third-order valence-corrected chi connectivity index (χ3v) is 4.63. The first-order valence-corrected chi connectivity index (χ1v) is 8.24. The van der Waals surface area contributed by atoms with Gasteiger partial charge in [0.15, 0.2) is 0 Å². The van der Waals surface area contributed by atoms with Crippen LogP contribution in [0.15, 0.2) is 24.3 Å². The topological polar surface area (TPSA) is 49.3 Å². The Morgan fingerprint density at radius 3 is 2.62 bits per heavy atom. The highest BCUT2D eigenvalue weighted by Crippen LogP contribution is 2.32. The fourth-order valence-electron chi connectivity index (χ4n) is 3.22. The smallest absolute Gasteiger partial charge is 0.227 e. The van der Waals surface area contributed by atoms with Crippen LogP contribution in [0.1, 0.15) is 57.4 Å². The van der Waals surface area contributed by atoms with E-state index in [0.29, 0.717) is 0 Å². The van der Waals surface area contributed by atoms with Gasteiger partial charge in [0.2, 0.25) is 5.91 Å². The first-order chi connectivity index (χ1) is 10.2. The summed E-state index contributed by atoms with van der Waals surface area (Å²) < 4.78 is 0. The van der Waals surface area contributed by atoms with E-state index in [2.05, 4.69) is 12.2 Å². The molecule has 0 radical (unpaired) electrons. The van der Waals surface area contributed by atoms with E-state index in [1.807, 2.05) is 24.3 Å². The van der Waals surface area contributed by atoms with Crippen molar-refractivity contribution in [3.8, 4) is 0 Å². The summed E-state index contributed by atoms with van der Waals surface area (Å²) in [5.74, 6) is 1.07. The monoisotopic (exact) mass is 289 g/mol. The van der Waals surface area contributed by atoms with Crippen LogP contribution < -0.4 is 5.32 Å². The lowest BCUT2D eigenvalue weighted by molar-refractivity contribution is -0.121. The molecular formula is C18H27NO2. The van der Waals surface area contributed by atoms with Crippen LogP contribution in [0, 0.1) is 11.8 Å². The van der Waals surface area contributed by atoms with Gasteiger partial charge in [0.05, 0.1) is 6.61 Å². The van der Waals surface area contributed by atoms with Gasteiger partial charge < -0.3 is 10.4 Å². The maximum atomic E-state index is 12.4. The zero-order valence-corrected chi connectivity index (χ0v) is 13.0. The SMILES string of the molecule is CCCCC1CCC(C(=O)Nc2ccccc2CO)CC1. The van der Waals surface area contributed by atoms with Gasteiger partial charge >= 0.3 is 0 Å². The van der Waals surface area contributed by atoms with E-state index in [4.69, 9.17) is 0 Å². The molecule has 0 unspecified atom stereocenters. The predicted molar refractivity (Wildman–Crippen MR) is 86.0 cm³/mol. The highest BCUT2D eigenvalue weighted by Gasteiger charge is 2.26. The molecule has 116 valence electrons. The Hall–Kier alpha value is -1.35. The number of anilines is 1. The average molecular weight is 289 g/mol. The lowest BCUT2D eigenvalue weighted by atomic mass is 9.79. The van der Waals surface area contributed by atoms with Gasteiger partial charge in [0.25, 0.3) is 0 Å². The quantitative estimate of drug-likeness (QED) is 0.828. The second-order valence-corrected chi connectivity index (χ2v) is 6.16. The summed E-state index contributed by atoms with van der Waals surface area (Å²) in [4.78, 5) is 12.4. The summed E-state index contributed by atoms with van der Waals surface area (Å²) in [7, 11) is 0. The minimum absolute atomic E-state index is 0.0415. The number of para-hydroxylation sites is 1. The molecule has 0 aliphatic heterocycles. The van der Waals surface area contributed by atoms with Crippen molar-refractivity contribution in [2.45, 2.75) is 58.5 Å². The molecule has 0 saturated heterocycles. The zero-order valence-electron chi connectivity index (χ0n) is 13.0. The maximum Gasteiger partial charge on any atom is 0.227 e. The van der Waals surface area contributed by atoms with Gasteiger partial charge in [-0.25, -0.2) is 0 Å². The largest absolute Gasteiger partial charge is 0.392 e. The van der Waals surface area contributed by atoms with Crippen molar-refractivity contribution in [3.05, 3.63) is 29.8 Å². The van der Waals surface area contributed by atoms with Gasteiger partial charge in [-0.2, -0.15) is 0 Å². The van der Waals surface area contributed by atoms with Gasteiger partial charge in [-0.1, -0.05) is 44.4 Å². The zero-order chi connectivity index (χ0) is 15.1. The van der Waals surface area contributed by atoms with Crippen LogP contribution in [0.2, 0.25) is 0 Å². The van der Waals surface area contributed by atoms with E-state index >= 15 is 0 Å². The van der Waals surface area contributed by atoms with Gasteiger partial charge in [-0.3, -0.25) is 4.79 Å². The Labute approximate surface area is 127 Å². The summed E-state index contributed by atoms with van der Waals surface area (Å²) in [6.07, 6.45) is 8.25. The lowest BCUT2D eigenvalue weighted by Crippen LogP contribution is -2.27. The van der Waals surface area contributed by atoms with Crippen LogP contribution in [0.5, 0.6) is 0 Å². The van der Waals surface area contributed by atoms with Crippen molar-refractivity contribution in [2.75, 3.05) is 5.32 Å². The van der Waals surface area contributed by atoms with E-state index in [1.54, 1.807) is 0 Å². The fourth-order valence-corrected chi connectivity index (χ4v) is 3.22. The minimum Gasteiger partial charge on any atom is -0.392 e.